The molecule has 0 saturated heterocycles. The van der Waals surface area contributed by atoms with Gasteiger partial charge in [-0.2, -0.15) is 0 Å². The lowest BCUT2D eigenvalue weighted by atomic mass is 10.2. The van der Waals surface area contributed by atoms with Gasteiger partial charge >= 0.3 is 0 Å². The molecule has 0 N–H and O–H groups in total. The van der Waals surface area contributed by atoms with Gasteiger partial charge in [-0.05, 0) is 41.4 Å². The second-order valence-electron chi connectivity index (χ2n) is 3.28. The Labute approximate surface area is 85.7 Å². The molecule has 0 unspecified atom stereocenters. The molecule has 0 aliphatic carbocycles. The standard InChI is InChI=1S/C10H11BrN2/c1-6-4-5-12-10-8(6)9(11)7(2)13(10)3/h4-5H,1-3H3. The summed E-state index contributed by atoms with van der Waals surface area (Å²) in [6.45, 7) is 4.19. The lowest BCUT2D eigenvalue weighted by Crippen LogP contribution is -1.91. The molecular weight excluding hydrogens is 228 g/mol. The maximum absolute atomic E-state index is 4.36. The third kappa shape index (κ3) is 1.10. The molecular formula is C10H11BrN2. The lowest BCUT2D eigenvalue weighted by molar-refractivity contribution is 0.898. The number of nitrogens with zero attached hydrogens (tertiary/aromatic N) is 2. The number of hydrogen-bond donors (Lipinski definition) is 0. The Bertz CT molecular complexity index is 471. The van der Waals surface area contributed by atoms with E-state index in [9.17, 15) is 0 Å². The Kier molecular flexibility index (Phi) is 1.91. The summed E-state index contributed by atoms with van der Waals surface area (Å²) < 4.78 is 3.27. The van der Waals surface area contributed by atoms with Crippen LogP contribution in [0.5, 0.6) is 0 Å². The van der Waals surface area contributed by atoms with E-state index in [4.69, 9.17) is 0 Å². The summed E-state index contributed by atoms with van der Waals surface area (Å²) in [4.78, 5) is 4.36. The summed E-state index contributed by atoms with van der Waals surface area (Å²) in [6, 6.07) is 2.03. The molecule has 0 aliphatic heterocycles. The van der Waals surface area contributed by atoms with E-state index >= 15 is 0 Å². The largest absolute Gasteiger partial charge is 0.332 e. The molecule has 3 heteroatoms. The zero-order chi connectivity index (χ0) is 9.59. The number of rotatable bonds is 0. The van der Waals surface area contributed by atoms with Crippen molar-refractivity contribution in [3.8, 4) is 0 Å². The van der Waals surface area contributed by atoms with Gasteiger partial charge in [-0.3, -0.25) is 0 Å². The summed E-state index contributed by atoms with van der Waals surface area (Å²) in [5.74, 6) is 0. The summed E-state index contributed by atoms with van der Waals surface area (Å²) in [5, 5.41) is 1.22. The highest BCUT2D eigenvalue weighted by atomic mass is 79.9. The third-order valence-electron chi connectivity index (χ3n) is 2.50. The van der Waals surface area contributed by atoms with Gasteiger partial charge in [-0.1, -0.05) is 0 Å². The van der Waals surface area contributed by atoms with Crippen molar-refractivity contribution in [3.63, 3.8) is 0 Å². The predicted octanol–water partition coefficient (Wildman–Crippen LogP) is 2.95. The number of fused-ring (bicyclic) bond motifs is 1. The van der Waals surface area contributed by atoms with Crippen molar-refractivity contribution in [1.29, 1.82) is 0 Å². The van der Waals surface area contributed by atoms with Gasteiger partial charge in [0.25, 0.3) is 0 Å². The van der Waals surface area contributed by atoms with Gasteiger partial charge in [0.15, 0.2) is 0 Å². The van der Waals surface area contributed by atoms with Crippen LogP contribution >= 0.6 is 15.9 Å². The molecule has 2 heterocycles. The number of aromatic nitrogens is 2. The first-order valence-corrected chi connectivity index (χ1v) is 4.98. The minimum atomic E-state index is 1.05. The van der Waals surface area contributed by atoms with Gasteiger partial charge in [0.1, 0.15) is 5.65 Å². The highest BCUT2D eigenvalue weighted by Gasteiger charge is 2.11. The minimum absolute atomic E-state index is 1.05. The van der Waals surface area contributed by atoms with E-state index in [2.05, 4.69) is 39.3 Å². The van der Waals surface area contributed by atoms with Crippen molar-refractivity contribution in [1.82, 2.24) is 9.55 Å². The van der Waals surface area contributed by atoms with E-state index in [1.54, 1.807) is 0 Å². The van der Waals surface area contributed by atoms with Gasteiger partial charge in [-0.15, -0.1) is 0 Å². The first kappa shape index (κ1) is 8.75. The molecule has 0 bridgehead atoms. The quantitative estimate of drug-likeness (QED) is 0.691. The highest BCUT2D eigenvalue weighted by Crippen LogP contribution is 2.30. The van der Waals surface area contributed by atoms with E-state index in [1.807, 2.05) is 19.3 Å². The number of pyridine rings is 1. The summed E-state index contributed by atoms with van der Waals surface area (Å²) >= 11 is 3.59. The first-order chi connectivity index (χ1) is 6.13. The summed E-state index contributed by atoms with van der Waals surface area (Å²) in [7, 11) is 2.04. The maximum Gasteiger partial charge on any atom is 0.141 e. The fourth-order valence-corrected chi connectivity index (χ4v) is 2.31. The predicted molar refractivity (Wildman–Crippen MR) is 57.9 cm³/mol. The smallest absolute Gasteiger partial charge is 0.141 e. The van der Waals surface area contributed by atoms with Gasteiger partial charge in [0.2, 0.25) is 0 Å². The summed E-state index contributed by atoms with van der Waals surface area (Å²) in [6.07, 6.45) is 1.85. The zero-order valence-corrected chi connectivity index (χ0v) is 9.51. The van der Waals surface area contributed by atoms with Gasteiger partial charge in [-0.25, -0.2) is 4.98 Å². The molecule has 0 spiro atoms. The van der Waals surface area contributed by atoms with Crippen molar-refractivity contribution in [2.75, 3.05) is 0 Å². The minimum Gasteiger partial charge on any atom is -0.332 e. The molecule has 0 fully saturated rings. The second kappa shape index (κ2) is 2.84. The molecule has 0 aromatic carbocycles. The molecule has 0 atom stereocenters. The maximum atomic E-state index is 4.36. The van der Waals surface area contributed by atoms with Crippen molar-refractivity contribution in [2.24, 2.45) is 7.05 Å². The van der Waals surface area contributed by atoms with Crippen LogP contribution in [0.4, 0.5) is 0 Å². The Morgan fingerprint density at radius 3 is 2.69 bits per heavy atom. The van der Waals surface area contributed by atoms with Crippen LogP contribution in [-0.2, 0) is 7.05 Å². The molecule has 0 aliphatic rings. The van der Waals surface area contributed by atoms with Crippen LogP contribution in [0.1, 0.15) is 11.3 Å². The van der Waals surface area contributed by atoms with E-state index in [0.29, 0.717) is 0 Å². The normalized spacial score (nSPS) is 11.1. The molecule has 0 amide bonds. The van der Waals surface area contributed by atoms with Gasteiger partial charge < -0.3 is 4.57 Å². The molecule has 2 nitrogen and oxygen atoms in total. The fraction of sp³-hybridized carbons (Fsp3) is 0.300. The van der Waals surface area contributed by atoms with Crippen molar-refractivity contribution >= 4 is 27.0 Å². The van der Waals surface area contributed by atoms with E-state index in [0.717, 1.165) is 10.1 Å². The average Bonchev–Trinajstić information content (AvgIpc) is 2.33. The van der Waals surface area contributed by atoms with Crippen LogP contribution in [0.2, 0.25) is 0 Å². The highest BCUT2D eigenvalue weighted by molar-refractivity contribution is 9.10. The van der Waals surface area contributed by atoms with Crippen LogP contribution in [0.25, 0.3) is 11.0 Å². The van der Waals surface area contributed by atoms with Crippen LogP contribution in [0.15, 0.2) is 16.7 Å². The molecule has 13 heavy (non-hydrogen) atoms. The van der Waals surface area contributed by atoms with Gasteiger partial charge in [0, 0.05) is 28.8 Å². The van der Waals surface area contributed by atoms with Crippen molar-refractivity contribution in [2.45, 2.75) is 13.8 Å². The zero-order valence-electron chi connectivity index (χ0n) is 7.93. The van der Waals surface area contributed by atoms with E-state index < -0.39 is 0 Å². The average molecular weight is 239 g/mol. The number of hydrogen-bond acceptors (Lipinski definition) is 1. The Balaban J connectivity index is 3.03. The molecule has 2 rings (SSSR count). The van der Waals surface area contributed by atoms with Crippen LogP contribution in [0, 0.1) is 13.8 Å². The Morgan fingerprint density at radius 1 is 1.38 bits per heavy atom. The molecule has 0 radical (unpaired) electrons. The number of halogens is 1. The summed E-state index contributed by atoms with van der Waals surface area (Å²) in [5.41, 5.74) is 3.53. The number of aryl methyl sites for hydroxylation is 2. The Morgan fingerprint density at radius 2 is 2.08 bits per heavy atom. The third-order valence-corrected chi connectivity index (χ3v) is 3.47. The van der Waals surface area contributed by atoms with Crippen molar-refractivity contribution < 1.29 is 0 Å². The Hall–Kier alpha value is -0.830. The SMILES string of the molecule is Cc1ccnc2c1c(Br)c(C)n2C. The fourth-order valence-electron chi connectivity index (χ4n) is 1.56. The van der Waals surface area contributed by atoms with Crippen LogP contribution in [0.3, 0.4) is 0 Å². The van der Waals surface area contributed by atoms with E-state index in [-0.39, 0.29) is 0 Å². The second-order valence-corrected chi connectivity index (χ2v) is 4.08. The van der Waals surface area contributed by atoms with Gasteiger partial charge in [0.05, 0.1) is 0 Å². The molecule has 2 aromatic heterocycles. The van der Waals surface area contributed by atoms with E-state index in [1.165, 1.54) is 16.6 Å². The topological polar surface area (TPSA) is 17.8 Å². The molecule has 0 saturated carbocycles. The molecule has 2 aromatic rings. The van der Waals surface area contributed by atoms with Crippen LogP contribution < -0.4 is 0 Å². The van der Waals surface area contributed by atoms with Crippen LogP contribution in [-0.4, -0.2) is 9.55 Å². The lowest BCUT2D eigenvalue weighted by Gasteiger charge is -1.97. The van der Waals surface area contributed by atoms with Crippen molar-refractivity contribution in [3.05, 3.63) is 28.0 Å². The monoisotopic (exact) mass is 238 g/mol. The first-order valence-electron chi connectivity index (χ1n) is 4.19. The molecule has 68 valence electrons.